The number of rotatable bonds is 7. The van der Waals surface area contributed by atoms with Crippen LogP contribution in [0.2, 0.25) is 0 Å². The van der Waals surface area contributed by atoms with Gasteiger partial charge < -0.3 is 15.2 Å². The van der Waals surface area contributed by atoms with Gasteiger partial charge in [-0.25, -0.2) is 0 Å². The van der Waals surface area contributed by atoms with Crippen molar-refractivity contribution in [1.82, 2.24) is 0 Å². The Morgan fingerprint density at radius 1 is 1.35 bits per heavy atom. The average molecular weight is 237 g/mol. The third-order valence-corrected chi connectivity index (χ3v) is 2.66. The zero-order chi connectivity index (χ0) is 12.7. The van der Waals surface area contributed by atoms with E-state index in [4.69, 9.17) is 15.2 Å². The molecule has 1 aromatic rings. The van der Waals surface area contributed by atoms with Gasteiger partial charge in [0.1, 0.15) is 11.9 Å². The van der Waals surface area contributed by atoms with Crippen molar-refractivity contribution in [3.8, 4) is 5.75 Å². The van der Waals surface area contributed by atoms with Crippen LogP contribution in [0.15, 0.2) is 24.3 Å². The maximum atomic E-state index is 5.94. The molecule has 0 amide bonds. The highest BCUT2D eigenvalue weighted by atomic mass is 16.5. The number of ether oxygens (including phenoxy) is 2. The summed E-state index contributed by atoms with van der Waals surface area (Å²) in [6, 6.07) is 8.34. The molecule has 1 rings (SSSR count). The van der Waals surface area contributed by atoms with Gasteiger partial charge in [0.2, 0.25) is 0 Å². The van der Waals surface area contributed by atoms with Crippen LogP contribution in [0.4, 0.5) is 0 Å². The molecule has 0 saturated carbocycles. The molecule has 2 unspecified atom stereocenters. The van der Waals surface area contributed by atoms with Gasteiger partial charge in [-0.05, 0) is 37.5 Å². The minimum atomic E-state index is 0.0649. The first-order valence-electron chi connectivity index (χ1n) is 6.15. The summed E-state index contributed by atoms with van der Waals surface area (Å²) in [6.45, 7) is 4.69. The SMILES string of the molecule is CCC(N)Cc1cccc(OC(C)COC)c1. The number of hydrogen-bond donors (Lipinski definition) is 1. The van der Waals surface area contributed by atoms with Gasteiger partial charge in [0.05, 0.1) is 6.61 Å². The Kier molecular flexibility index (Phi) is 6.01. The van der Waals surface area contributed by atoms with Crippen LogP contribution in [0.25, 0.3) is 0 Å². The molecule has 17 heavy (non-hydrogen) atoms. The molecule has 0 aliphatic carbocycles. The van der Waals surface area contributed by atoms with E-state index in [9.17, 15) is 0 Å². The second-order valence-corrected chi connectivity index (χ2v) is 4.40. The van der Waals surface area contributed by atoms with Crippen molar-refractivity contribution in [2.45, 2.75) is 38.8 Å². The summed E-state index contributed by atoms with van der Waals surface area (Å²) in [4.78, 5) is 0. The second kappa shape index (κ2) is 7.30. The lowest BCUT2D eigenvalue weighted by atomic mass is 10.0. The molecule has 0 aromatic heterocycles. The van der Waals surface area contributed by atoms with Crippen molar-refractivity contribution in [2.24, 2.45) is 5.73 Å². The first-order valence-corrected chi connectivity index (χ1v) is 6.15. The van der Waals surface area contributed by atoms with Gasteiger partial charge in [-0.2, -0.15) is 0 Å². The molecule has 2 atom stereocenters. The van der Waals surface area contributed by atoms with Gasteiger partial charge in [-0.15, -0.1) is 0 Å². The van der Waals surface area contributed by atoms with Crippen LogP contribution in [0.3, 0.4) is 0 Å². The van der Waals surface area contributed by atoms with Crippen molar-refractivity contribution in [1.29, 1.82) is 0 Å². The summed E-state index contributed by atoms with van der Waals surface area (Å²) in [6.07, 6.45) is 1.95. The number of methoxy groups -OCH3 is 1. The largest absolute Gasteiger partial charge is 0.488 e. The third-order valence-electron chi connectivity index (χ3n) is 2.66. The molecular formula is C14H23NO2. The minimum Gasteiger partial charge on any atom is -0.488 e. The average Bonchev–Trinajstić information content (AvgIpc) is 2.29. The van der Waals surface area contributed by atoms with Crippen LogP contribution >= 0.6 is 0 Å². The van der Waals surface area contributed by atoms with E-state index < -0.39 is 0 Å². The second-order valence-electron chi connectivity index (χ2n) is 4.40. The molecule has 0 spiro atoms. The zero-order valence-electron chi connectivity index (χ0n) is 11.0. The minimum absolute atomic E-state index is 0.0649. The molecule has 96 valence electrons. The van der Waals surface area contributed by atoms with Crippen LogP contribution in [0, 0.1) is 0 Å². The van der Waals surface area contributed by atoms with Crippen LogP contribution < -0.4 is 10.5 Å². The predicted octanol–water partition coefficient (Wildman–Crippen LogP) is 2.38. The lowest BCUT2D eigenvalue weighted by Crippen LogP contribution is -2.21. The van der Waals surface area contributed by atoms with Gasteiger partial charge in [0.15, 0.2) is 0 Å². The molecule has 3 heteroatoms. The molecule has 0 heterocycles. The van der Waals surface area contributed by atoms with Gasteiger partial charge >= 0.3 is 0 Å². The van der Waals surface area contributed by atoms with E-state index in [1.165, 1.54) is 5.56 Å². The van der Waals surface area contributed by atoms with Crippen LogP contribution in [-0.4, -0.2) is 25.9 Å². The Balaban J connectivity index is 2.59. The fourth-order valence-electron chi connectivity index (χ4n) is 1.69. The maximum absolute atomic E-state index is 5.94. The Bertz CT molecular complexity index is 328. The molecule has 1 aromatic carbocycles. The number of benzene rings is 1. The van der Waals surface area contributed by atoms with E-state index in [1.54, 1.807) is 7.11 Å². The van der Waals surface area contributed by atoms with Crippen LogP contribution in [0.1, 0.15) is 25.8 Å². The summed E-state index contributed by atoms with van der Waals surface area (Å²) in [5, 5.41) is 0. The van der Waals surface area contributed by atoms with E-state index in [0.717, 1.165) is 18.6 Å². The van der Waals surface area contributed by atoms with Crippen molar-refractivity contribution in [3.05, 3.63) is 29.8 Å². The summed E-state index contributed by atoms with van der Waals surface area (Å²) >= 11 is 0. The van der Waals surface area contributed by atoms with Crippen molar-refractivity contribution in [3.63, 3.8) is 0 Å². The van der Waals surface area contributed by atoms with E-state index in [-0.39, 0.29) is 12.1 Å². The quantitative estimate of drug-likeness (QED) is 0.792. The summed E-state index contributed by atoms with van der Waals surface area (Å²) in [5.74, 6) is 0.885. The number of nitrogens with two attached hydrogens (primary N) is 1. The Morgan fingerprint density at radius 3 is 2.76 bits per heavy atom. The summed E-state index contributed by atoms with van der Waals surface area (Å²) in [7, 11) is 1.68. The van der Waals surface area contributed by atoms with Gasteiger partial charge in [0.25, 0.3) is 0 Å². The normalized spacial score (nSPS) is 14.4. The molecule has 0 aliphatic rings. The zero-order valence-corrected chi connectivity index (χ0v) is 11.0. The number of hydrogen-bond acceptors (Lipinski definition) is 3. The maximum Gasteiger partial charge on any atom is 0.120 e. The molecule has 0 saturated heterocycles. The van der Waals surface area contributed by atoms with E-state index in [2.05, 4.69) is 19.1 Å². The topological polar surface area (TPSA) is 44.5 Å². The van der Waals surface area contributed by atoms with Gasteiger partial charge in [-0.3, -0.25) is 0 Å². The Labute approximate surface area is 104 Å². The van der Waals surface area contributed by atoms with Gasteiger partial charge in [-0.1, -0.05) is 19.1 Å². The molecule has 0 fully saturated rings. The summed E-state index contributed by atoms with van der Waals surface area (Å²) in [5.41, 5.74) is 7.17. The third kappa shape index (κ3) is 5.20. The monoisotopic (exact) mass is 237 g/mol. The molecule has 0 bridgehead atoms. The lowest BCUT2D eigenvalue weighted by molar-refractivity contribution is 0.0920. The van der Waals surface area contributed by atoms with Crippen LogP contribution in [-0.2, 0) is 11.2 Å². The van der Waals surface area contributed by atoms with Crippen molar-refractivity contribution >= 4 is 0 Å². The highest BCUT2D eigenvalue weighted by Crippen LogP contribution is 2.16. The van der Waals surface area contributed by atoms with E-state index in [1.807, 2.05) is 19.1 Å². The summed E-state index contributed by atoms with van der Waals surface area (Å²) < 4.78 is 10.8. The van der Waals surface area contributed by atoms with Gasteiger partial charge in [0, 0.05) is 13.2 Å². The highest BCUT2D eigenvalue weighted by Gasteiger charge is 2.05. The highest BCUT2D eigenvalue weighted by molar-refractivity contribution is 5.29. The first-order chi connectivity index (χ1) is 8.15. The Morgan fingerprint density at radius 2 is 2.12 bits per heavy atom. The molecular weight excluding hydrogens is 214 g/mol. The first kappa shape index (κ1) is 14.0. The van der Waals surface area contributed by atoms with Crippen molar-refractivity contribution in [2.75, 3.05) is 13.7 Å². The van der Waals surface area contributed by atoms with Crippen molar-refractivity contribution < 1.29 is 9.47 Å². The molecule has 2 N–H and O–H groups in total. The lowest BCUT2D eigenvalue weighted by Gasteiger charge is -2.15. The molecule has 0 aliphatic heterocycles. The fraction of sp³-hybridized carbons (Fsp3) is 0.571. The Hall–Kier alpha value is -1.06. The molecule has 0 radical (unpaired) electrons. The molecule has 3 nitrogen and oxygen atoms in total. The van der Waals surface area contributed by atoms with E-state index >= 15 is 0 Å². The standard InChI is InChI=1S/C14H23NO2/c1-4-13(15)8-12-6-5-7-14(9-12)17-11(2)10-16-3/h5-7,9,11,13H,4,8,10,15H2,1-3H3. The smallest absolute Gasteiger partial charge is 0.120 e. The van der Waals surface area contributed by atoms with E-state index in [0.29, 0.717) is 6.61 Å². The van der Waals surface area contributed by atoms with Crippen LogP contribution in [0.5, 0.6) is 5.75 Å². The fourth-order valence-corrected chi connectivity index (χ4v) is 1.69. The predicted molar refractivity (Wildman–Crippen MR) is 70.4 cm³/mol.